The van der Waals surface area contributed by atoms with E-state index in [1.807, 2.05) is 43.3 Å². The van der Waals surface area contributed by atoms with Gasteiger partial charge in [0.1, 0.15) is 0 Å². The molecule has 2 rings (SSSR count). The van der Waals surface area contributed by atoms with Gasteiger partial charge in [-0.15, -0.1) is 24.0 Å². The predicted molar refractivity (Wildman–Crippen MR) is 84.7 cm³/mol. The monoisotopic (exact) mass is 289 g/mol. The van der Waals surface area contributed by atoms with Gasteiger partial charge in [-0.3, -0.25) is 4.79 Å². The molecule has 2 aromatic rings. The Balaban J connectivity index is 2.43. The molecule has 0 fully saturated rings. The van der Waals surface area contributed by atoms with Crippen molar-refractivity contribution in [3.8, 4) is 10.4 Å². The first kappa shape index (κ1) is 13.9. The molecule has 1 heterocycles. The number of thiophene rings is 1. The molecule has 19 heavy (non-hydrogen) atoms. The predicted octanol–water partition coefficient (Wildman–Crippen LogP) is 4.03. The van der Waals surface area contributed by atoms with Crippen LogP contribution in [0.1, 0.15) is 22.2 Å². The van der Waals surface area contributed by atoms with Crippen LogP contribution in [-0.4, -0.2) is 5.78 Å². The second-order valence-corrected chi connectivity index (χ2v) is 6.01. The summed E-state index contributed by atoms with van der Waals surface area (Å²) in [6, 6.07) is 11.9. The lowest BCUT2D eigenvalue weighted by atomic mass is 10.1. The Bertz CT molecular complexity index is 637. The SMILES string of the molecule is C/C(N)=C(\S)C(=O)c1cc(-c2ccccc2)sc1C. The molecule has 0 radical (unpaired) electrons. The van der Waals surface area contributed by atoms with E-state index in [1.165, 1.54) is 0 Å². The molecule has 0 bridgehead atoms. The van der Waals surface area contributed by atoms with Crippen LogP contribution in [0.3, 0.4) is 0 Å². The Hall–Kier alpha value is -1.52. The minimum atomic E-state index is -0.112. The smallest absolute Gasteiger partial charge is 0.201 e. The number of nitrogens with two attached hydrogens (primary N) is 1. The summed E-state index contributed by atoms with van der Waals surface area (Å²) in [6.45, 7) is 3.62. The number of hydrogen-bond donors (Lipinski definition) is 2. The van der Waals surface area contributed by atoms with Gasteiger partial charge >= 0.3 is 0 Å². The second kappa shape index (κ2) is 5.63. The van der Waals surface area contributed by atoms with Gasteiger partial charge in [0.2, 0.25) is 5.78 Å². The highest BCUT2D eigenvalue weighted by Gasteiger charge is 2.17. The first-order valence-electron chi connectivity index (χ1n) is 5.86. The normalized spacial score (nSPS) is 12.2. The molecule has 0 unspecified atom stereocenters. The lowest BCUT2D eigenvalue weighted by molar-refractivity contribution is 0.104. The number of allylic oxidation sites excluding steroid dienone is 2. The van der Waals surface area contributed by atoms with Crippen molar-refractivity contribution in [3.63, 3.8) is 0 Å². The minimum Gasteiger partial charge on any atom is -0.401 e. The zero-order chi connectivity index (χ0) is 14.0. The zero-order valence-electron chi connectivity index (χ0n) is 10.8. The van der Waals surface area contributed by atoms with Gasteiger partial charge < -0.3 is 5.73 Å². The molecular formula is C15H15NOS2. The lowest BCUT2D eigenvalue weighted by Crippen LogP contribution is -2.05. The standard InChI is InChI=1S/C15H15NOS2/c1-9(16)15(18)14(17)12-8-13(19-10(12)2)11-6-4-3-5-7-11/h3-8,18H,16H2,1-2H3/b15-9+. The molecule has 1 aromatic carbocycles. The van der Waals surface area contributed by atoms with Crippen LogP contribution in [0.15, 0.2) is 47.0 Å². The fraction of sp³-hybridized carbons (Fsp3) is 0.133. The number of rotatable bonds is 3. The van der Waals surface area contributed by atoms with Gasteiger partial charge in [0.15, 0.2) is 0 Å². The quantitative estimate of drug-likeness (QED) is 0.509. The Labute approximate surface area is 122 Å². The van der Waals surface area contributed by atoms with Crippen molar-refractivity contribution in [1.82, 2.24) is 0 Å². The van der Waals surface area contributed by atoms with Crippen LogP contribution in [0.25, 0.3) is 10.4 Å². The minimum absolute atomic E-state index is 0.112. The number of Topliss-reactive ketones (excluding diaryl/α,β-unsaturated/α-hetero) is 1. The average molecular weight is 289 g/mol. The van der Waals surface area contributed by atoms with Gasteiger partial charge in [0.05, 0.1) is 4.91 Å². The van der Waals surface area contributed by atoms with Crippen LogP contribution < -0.4 is 5.73 Å². The van der Waals surface area contributed by atoms with Crippen LogP contribution in [-0.2, 0) is 0 Å². The molecule has 4 heteroatoms. The van der Waals surface area contributed by atoms with Gasteiger partial charge in [-0.25, -0.2) is 0 Å². The Morgan fingerprint density at radius 1 is 1.26 bits per heavy atom. The molecule has 0 saturated carbocycles. The highest BCUT2D eigenvalue weighted by atomic mass is 32.1. The van der Waals surface area contributed by atoms with E-state index in [-0.39, 0.29) is 5.78 Å². The van der Waals surface area contributed by atoms with E-state index in [9.17, 15) is 4.79 Å². The molecule has 2 nitrogen and oxygen atoms in total. The molecule has 0 aliphatic carbocycles. The highest BCUT2D eigenvalue weighted by Crippen LogP contribution is 2.32. The van der Waals surface area contributed by atoms with Crippen molar-refractivity contribution >= 4 is 29.7 Å². The first-order chi connectivity index (χ1) is 9.00. The van der Waals surface area contributed by atoms with E-state index in [4.69, 9.17) is 5.73 Å². The van der Waals surface area contributed by atoms with Crippen molar-refractivity contribution in [3.05, 3.63) is 57.4 Å². The van der Waals surface area contributed by atoms with E-state index in [0.717, 1.165) is 15.3 Å². The molecule has 0 atom stereocenters. The Morgan fingerprint density at radius 2 is 1.89 bits per heavy atom. The number of carbonyl (C=O) groups excluding carboxylic acids is 1. The van der Waals surface area contributed by atoms with E-state index < -0.39 is 0 Å². The molecule has 0 saturated heterocycles. The summed E-state index contributed by atoms with van der Waals surface area (Å²) in [7, 11) is 0. The van der Waals surface area contributed by atoms with Crippen LogP contribution in [0.4, 0.5) is 0 Å². The third-order valence-electron chi connectivity index (χ3n) is 2.81. The zero-order valence-corrected chi connectivity index (χ0v) is 12.5. The topological polar surface area (TPSA) is 43.1 Å². The fourth-order valence-corrected chi connectivity index (χ4v) is 2.90. The van der Waals surface area contributed by atoms with E-state index >= 15 is 0 Å². The summed E-state index contributed by atoms with van der Waals surface area (Å²) in [6.07, 6.45) is 0. The lowest BCUT2D eigenvalue weighted by Gasteiger charge is -2.01. The molecule has 0 aliphatic heterocycles. The maximum Gasteiger partial charge on any atom is 0.201 e. The molecular weight excluding hydrogens is 274 g/mol. The van der Waals surface area contributed by atoms with E-state index in [0.29, 0.717) is 16.2 Å². The number of benzene rings is 1. The summed E-state index contributed by atoms with van der Waals surface area (Å²) in [4.78, 5) is 14.6. The number of ketones is 1. The van der Waals surface area contributed by atoms with Gasteiger partial charge in [0, 0.05) is 21.0 Å². The summed E-state index contributed by atoms with van der Waals surface area (Å²) in [5.74, 6) is -0.112. The van der Waals surface area contributed by atoms with Crippen molar-refractivity contribution in [2.75, 3.05) is 0 Å². The van der Waals surface area contributed by atoms with E-state index in [2.05, 4.69) is 12.6 Å². The maximum atomic E-state index is 12.2. The molecule has 2 N–H and O–H groups in total. The number of aryl methyl sites for hydroxylation is 1. The summed E-state index contributed by atoms with van der Waals surface area (Å²) in [5, 5.41) is 0. The molecule has 0 spiro atoms. The molecule has 0 aliphatic rings. The van der Waals surface area contributed by atoms with Gasteiger partial charge in [-0.05, 0) is 25.5 Å². The number of thiol groups is 1. The van der Waals surface area contributed by atoms with Crippen molar-refractivity contribution in [1.29, 1.82) is 0 Å². The van der Waals surface area contributed by atoms with Gasteiger partial charge in [-0.1, -0.05) is 30.3 Å². The third kappa shape index (κ3) is 2.91. The first-order valence-corrected chi connectivity index (χ1v) is 7.13. The van der Waals surface area contributed by atoms with Crippen molar-refractivity contribution in [2.45, 2.75) is 13.8 Å². The number of hydrogen-bond acceptors (Lipinski definition) is 4. The van der Waals surface area contributed by atoms with Crippen molar-refractivity contribution in [2.24, 2.45) is 5.73 Å². The molecule has 98 valence electrons. The van der Waals surface area contributed by atoms with Gasteiger partial charge in [0.25, 0.3) is 0 Å². The largest absolute Gasteiger partial charge is 0.401 e. The van der Waals surface area contributed by atoms with Crippen LogP contribution in [0.2, 0.25) is 0 Å². The van der Waals surface area contributed by atoms with Gasteiger partial charge in [-0.2, -0.15) is 0 Å². The maximum absolute atomic E-state index is 12.2. The van der Waals surface area contributed by atoms with Crippen LogP contribution >= 0.6 is 24.0 Å². The molecule has 1 aromatic heterocycles. The fourth-order valence-electron chi connectivity index (χ4n) is 1.76. The van der Waals surface area contributed by atoms with Crippen LogP contribution in [0.5, 0.6) is 0 Å². The highest BCUT2D eigenvalue weighted by molar-refractivity contribution is 7.85. The number of carbonyl (C=O) groups is 1. The summed E-state index contributed by atoms with van der Waals surface area (Å²) >= 11 is 5.79. The third-order valence-corrected chi connectivity index (χ3v) is 4.46. The summed E-state index contributed by atoms with van der Waals surface area (Å²) in [5.41, 5.74) is 7.87. The Kier molecular flexibility index (Phi) is 4.12. The average Bonchev–Trinajstić information content (AvgIpc) is 2.80. The Morgan fingerprint density at radius 3 is 2.47 bits per heavy atom. The summed E-state index contributed by atoms with van der Waals surface area (Å²) < 4.78 is 0. The van der Waals surface area contributed by atoms with E-state index in [1.54, 1.807) is 18.3 Å². The van der Waals surface area contributed by atoms with Crippen LogP contribution in [0, 0.1) is 6.92 Å². The second-order valence-electron chi connectivity index (χ2n) is 4.31. The van der Waals surface area contributed by atoms with Crippen molar-refractivity contribution < 1.29 is 4.79 Å². The molecule has 0 amide bonds.